The van der Waals surface area contributed by atoms with E-state index in [0.29, 0.717) is 24.1 Å². The van der Waals surface area contributed by atoms with Gasteiger partial charge in [0.15, 0.2) is 0 Å². The first kappa shape index (κ1) is 14.1. The van der Waals surface area contributed by atoms with Crippen molar-refractivity contribution in [3.63, 3.8) is 0 Å². The van der Waals surface area contributed by atoms with Crippen molar-refractivity contribution in [3.05, 3.63) is 35.4 Å². The quantitative estimate of drug-likeness (QED) is 0.813. The third-order valence-corrected chi connectivity index (χ3v) is 3.48. The molecule has 2 amide bonds. The molecule has 1 aromatic rings. The second kappa shape index (κ2) is 5.74. The lowest BCUT2D eigenvalue weighted by atomic mass is 10.1. The number of hydrogen-bond donors (Lipinski definition) is 0. The maximum Gasteiger partial charge on any atom is 0.254 e. The molecule has 20 heavy (non-hydrogen) atoms. The molecule has 0 aromatic heterocycles. The van der Waals surface area contributed by atoms with Crippen LogP contribution < -0.4 is 0 Å². The molecule has 0 saturated carbocycles. The Labute approximate surface area is 118 Å². The van der Waals surface area contributed by atoms with E-state index in [2.05, 4.69) is 0 Å². The largest absolute Gasteiger partial charge is 0.347 e. The van der Waals surface area contributed by atoms with Crippen LogP contribution in [-0.2, 0) is 4.79 Å². The van der Waals surface area contributed by atoms with Crippen molar-refractivity contribution >= 4 is 11.8 Å². The van der Waals surface area contributed by atoms with E-state index in [0.717, 1.165) is 6.42 Å². The third-order valence-electron chi connectivity index (χ3n) is 3.48. The summed E-state index contributed by atoms with van der Waals surface area (Å²) in [7, 11) is 3.39. The second-order valence-electron chi connectivity index (χ2n) is 5.08. The molecular weight excluding hydrogens is 254 g/mol. The topological polar surface area (TPSA) is 64.4 Å². The number of nitrogens with zero attached hydrogens (tertiary/aromatic N) is 3. The lowest BCUT2D eigenvalue weighted by Crippen LogP contribution is -2.45. The van der Waals surface area contributed by atoms with Crippen LogP contribution in [-0.4, -0.2) is 48.3 Å². The van der Waals surface area contributed by atoms with Gasteiger partial charge < -0.3 is 9.80 Å². The molecule has 0 aliphatic carbocycles. The molecule has 1 aromatic carbocycles. The van der Waals surface area contributed by atoms with E-state index in [9.17, 15) is 9.59 Å². The van der Waals surface area contributed by atoms with Gasteiger partial charge in [0.05, 0.1) is 11.6 Å². The summed E-state index contributed by atoms with van der Waals surface area (Å²) in [5.41, 5.74) is 0.910. The van der Waals surface area contributed by atoms with Gasteiger partial charge in [-0.05, 0) is 31.0 Å². The molecule has 1 saturated heterocycles. The SMILES string of the molecule is CN(C)C(=O)[C@@H]1CCCN1C(=O)c1cccc(C#N)c1. The van der Waals surface area contributed by atoms with Crippen LogP contribution in [0.15, 0.2) is 24.3 Å². The highest BCUT2D eigenvalue weighted by atomic mass is 16.2. The van der Waals surface area contributed by atoms with Crippen LogP contribution >= 0.6 is 0 Å². The van der Waals surface area contributed by atoms with E-state index >= 15 is 0 Å². The Balaban J connectivity index is 2.23. The third kappa shape index (κ3) is 2.64. The lowest BCUT2D eigenvalue weighted by Gasteiger charge is -2.26. The van der Waals surface area contributed by atoms with Gasteiger partial charge in [-0.1, -0.05) is 6.07 Å². The number of likely N-dealkylation sites (N-methyl/N-ethyl adjacent to an activating group) is 1. The molecule has 2 rings (SSSR count). The molecule has 0 bridgehead atoms. The Morgan fingerprint density at radius 3 is 2.80 bits per heavy atom. The molecule has 0 radical (unpaired) electrons. The van der Waals surface area contributed by atoms with Crippen LogP contribution in [0.4, 0.5) is 0 Å². The number of amides is 2. The van der Waals surface area contributed by atoms with Crippen molar-refractivity contribution in [2.75, 3.05) is 20.6 Å². The van der Waals surface area contributed by atoms with Crippen molar-refractivity contribution in [1.82, 2.24) is 9.80 Å². The maximum absolute atomic E-state index is 12.5. The predicted molar refractivity (Wildman–Crippen MR) is 73.9 cm³/mol. The van der Waals surface area contributed by atoms with Crippen molar-refractivity contribution in [2.24, 2.45) is 0 Å². The van der Waals surface area contributed by atoms with Crippen molar-refractivity contribution in [1.29, 1.82) is 5.26 Å². The zero-order valence-corrected chi connectivity index (χ0v) is 11.7. The Kier molecular flexibility index (Phi) is 4.04. The fourth-order valence-electron chi connectivity index (χ4n) is 2.45. The zero-order chi connectivity index (χ0) is 14.7. The van der Waals surface area contributed by atoms with Gasteiger partial charge in [0.25, 0.3) is 5.91 Å². The Morgan fingerprint density at radius 1 is 1.40 bits per heavy atom. The summed E-state index contributed by atoms with van der Waals surface area (Å²) < 4.78 is 0. The highest BCUT2D eigenvalue weighted by Gasteiger charge is 2.35. The fourth-order valence-corrected chi connectivity index (χ4v) is 2.45. The summed E-state index contributed by atoms with van der Waals surface area (Å²) in [6.07, 6.45) is 1.52. The fraction of sp³-hybridized carbons (Fsp3) is 0.400. The maximum atomic E-state index is 12.5. The highest BCUT2D eigenvalue weighted by molar-refractivity contribution is 5.98. The Hall–Kier alpha value is -2.35. The lowest BCUT2D eigenvalue weighted by molar-refractivity contribution is -0.132. The molecule has 1 aliphatic heterocycles. The Morgan fingerprint density at radius 2 is 2.15 bits per heavy atom. The van der Waals surface area contributed by atoms with Crippen LogP contribution in [0.3, 0.4) is 0 Å². The van der Waals surface area contributed by atoms with Gasteiger partial charge in [0, 0.05) is 26.2 Å². The highest BCUT2D eigenvalue weighted by Crippen LogP contribution is 2.21. The molecule has 0 spiro atoms. The summed E-state index contributed by atoms with van der Waals surface area (Å²) in [4.78, 5) is 27.7. The van der Waals surface area contributed by atoms with Crippen molar-refractivity contribution in [2.45, 2.75) is 18.9 Å². The van der Waals surface area contributed by atoms with E-state index in [1.807, 2.05) is 6.07 Å². The van der Waals surface area contributed by atoms with Crippen LogP contribution in [0.5, 0.6) is 0 Å². The van der Waals surface area contributed by atoms with Gasteiger partial charge in [-0.2, -0.15) is 5.26 Å². The van der Waals surface area contributed by atoms with Crippen LogP contribution in [0.1, 0.15) is 28.8 Å². The summed E-state index contributed by atoms with van der Waals surface area (Å²) in [5.74, 6) is -0.230. The number of rotatable bonds is 2. The molecule has 104 valence electrons. The average molecular weight is 271 g/mol. The predicted octanol–water partition coefficient (Wildman–Crippen LogP) is 1.25. The molecule has 1 atom stereocenters. The smallest absolute Gasteiger partial charge is 0.254 e. The van der Waals surface area contributed by atoms with Gasteiger partial charge in [0.2, 0.25) is 5.91 Å². The second-order valence-corrected chi connectivity index (χ2v) is 5.08. The minimum absolute atomic E-state index is 0.0488. The number of carbonyl (C=O) groups is 2. The molecule has 5 heteroatoms. The molecular formula is C15H17N3O2. The van der Waals surface area contributed by atoms with Crippen LogP contribution in [0.2, 0.25) is 0 Å². The summed E-state index contributed by atoms with van der Waals surface area (Å²) >= 11 is 0. The minimum Gasteiger partial charge on any atom is -0.347 e. The summed E-state index contributed by atoms with van der Waals surface area (Å²) in [5, 5.41) is 8.89. The average Bonchev–Trinajstić information content (AvgIpc) is 2.94. The molecule has 5 nitrogen and oxygen atoms in total. The van der Waals surface area contributed by atoms with Gasteiger partial charge >= 0.3 is 0 Å². The van der Waals surface area contributed by atoms with Gasteiger partial charge in [-0.25, -0.2) is 0 Å². The van der Waals surface area contributed by atoms with Gasteiger partial charge in [0.1, 0.15) is 6.04 Å². The van der Waals surface area contributed by atoms with E-state index in [1.54, 1.807) is 43.3 Å². The Bertz CT molecular complexity index is 575. The van der Waals surface area contributed by atoms with E-state index in [-0.39, 0.29) is 17.9 Å². The molecule has 0 N–H and O–H groups in total. The molecule has 1 fully saturated rings. The number of benzene rings is 1. The first-order valence-electron chi connectivity index (χ1n) is 6.57. The normalized spacial score (nSPS) is 17.6. The first-order chi connectivity index (χ1) is 9.54. The summed E-state index contributed by atoms with van der Waals surface area (Å²) in [6, 6.07) is 8.22. The van der Waals surface area contributed by atoms with Crippen molar-refractivity contribution < 1.29 is 9.59 Å². The first-order valence-corrected chi connectivity index (χ1v) is 6.57. The molecule has 0 unspecified atom stereocenters. The van der Waals surface area contributed by atoms with Gasteiger partial charge in [-0.3, -0.25) is 9.59 Å². The molecule has 1 heterocycles. The number of carbonyl (C=O) groups excluding carboxylic acids is 2. The number of nitriles is 1. The van der Waals surface area contributed by atoms with Gasteiger partial charge in [-0.15, -0.1) is 0 Å². The monoisotopic (exact) mass is 271 g/mol. The van der Waals surface area contributed by atoms with E-state index in [4.69, 9.17) is 5.26 Å². The number of hydrogen-bond acceptors (Lipinski definition) is 3. The zero-order valence-electron chi connectivity index (χ0n) is 11.7. The van der Waals surface area contributed by atoms with Crippen LogP contribution in [0, 0.1) is 11.3 Å². The van der Waals surface area contributed by atoms with Crippen molar-refractivity contribution in [3.8, 4) is 6.07 Å². The van der Waals surface area contributed by atoms with Crippen LogP contribution in [0.25, 0.3) is 0 Å². The number of likely N-dealkylation sites (tertiary alicyclic amines) is 1. The molecule has 1 aliphatic rings. The van der Waals surface area contributed by atoms with E-state index in [1.165, 1.54) is 4.90 Å². The minimum atomic E-state index is -0.386. The summed E-state index contributed by atoms with van der Waals surface area (Å²) in [6.45, 7) is 0.583. The standard InChI is InChI=1S/C15H17N3O2/c1-17(2)15(20)13-7-4-8-18(13)14(19)12-6-3-5-11(9-12)10-16/h3,5-6,9,13H,4,7-8H2,1-2H3/t13-/m0/s1. The van der Waals surface area contributed by atoms with E-state index < -0.39 is 0 Å².